The third-order valence-corrected chi connectivity index (χ3v) is 5.32. The van der Waals surface area contributed by atoms with Crippen LogP contribution >= 0.6 is 0 Å². The molecule has 168 valence electrons. The van der Waals surface area contributed by atoms with Gasteiger partial charge in [0.25, 0.3) is 0 Å². The summed E-state index contributed by atoms with van der Waals surface area (Å²) in [5, 5.41) is 2.78. The molecule has 0 bridgehead atoms. The van der Waals surface area contributed by atoms with Crippen LogP contribution in [0.1, 0.15) is 27.0 Å². The molecule has 1 fully saturated rings. The average molecular weight is 443 g/mol. The molecule has 0 atom stereocenters. The van der Waals surface area contributed by atoms with Crippen molar-refractivity contribution < 1.29 is 14.3 Å². The predicted octanol–water partition coefficient (Wildman–Crippen LogP) is 3.70. The van der Waals surface area contributed by atoms with E-state index in [0.29, 0.717) is 31.0 Å². The lowest BCUT2D eigenvalue weighted by Crippen LogP contribution is -2.36. The minimum absolute atomic E-state index is 0.0670. The first-order chi connectivity index (χ1) is 16.1. The average Bonchev–Trinajstić information content (AvgIpc) is 2.84. The molecule has 1 N–H and O–H groups in total. The zero-order valence-corrected chi connectivity index (χ0v) is 18.5. The van der Waals surface area contributed by atoms with Crippen LogP contribution in [0.25, 0.3) is 6.08 Å². The first-order valence-corrected chi connectivity index (χ1v) is 10.9. The van der Waals surface area contributed by atoms with E-state index in [1.165, 1.54) is 12.4 Å². The molecule has 0 saturated carbocycles. The van der Waals surface area contributed by atoms with Gasteiger partial charge in [0.15, 0.2) is 5.78 Å². The van der Waals surface area contributed by atoms with Crippen molar-refractivity contribution in [2.75, 3.05) is 36.5 Å². The number of nitrogens with one attached hydrogen (secondary N) is 1. The minimum atomic E-state index is -0.289. The number of hydrogen-bond donors (Lipinski definition) is 1. The van der Waals surface area contributed by atoms with Crippen LogP contribution in [0.3, 0.4) is 0 Å². The number of Topliss-reactive ketones (excluding diaryl/α,β-unsaturated/α-hetero) is 1. The van der Waals surface area contributed by atoms with Crippen LogP contribution in [0.15, 0.2) is 67.0 Å². The van der Waals surface area contributed by atoms with Crippen LogP contribution in [0.5, 0.6) is 0 Å². The molecule has 0 spiro atoms. The second-order valence-electron chi connectivity index (χ2n) is 7.90. The van der Waals surface area contributed by atoms with Crippen molar-refractivity contribution in [3.05, 3.63) is 89.3 Å². The highest BCUT2D eigenvalue weighted by Gasteiger charge is 2.13. The number of morpholine rings is 1. The Kier molecular flexibility index (Phi) is 7.22. The molecule has 4 rings (SSSR count). The maximum absolute atomic E-state index is 12.6. The molecule has 0 aliphatic carbocycles. The zero-order chi connectivity index (χ0) is 23.0. The number of carbonyl (C=O) groups excluding carboxylic acids is 2. The summed E-state index contributed by atoms with van der Waals surface area (Å²) in [7, 11) is 0. The van der Waals surface area contributed by atoms with Crippen molar-refractivity contribution in [1.82, 2.24) is 9.97 Å². The highest BCUT2D eigenvalue weighted by atomic mass is 16.5. The summed E-state index contributed by atoms with van der Waals surface area (Å²) in [5.74, 6) is 0.984. The number of ketones is 1. The van der Waals surface area contributed by atoms with Crippen LogP contribution in [0.2, 0.25) is 0 Å². The molecule has 1 aromatic heterocycles. The SMILES string of the molecule is Cc1cccc(C(=O)Cc2cccc(/C=C/C(=O)Nc3cc(N4CCOCC4)ncn3)c2)c1. The van der Waals surface area contributed by atoms with Crippen LogP contribution in [0, 0.1) is 6.92 Å². The maximum Gasteiger partial charge on any atom is 0.249 e. The van der Waals surface area contributed by atoms with Gasteiger partial charge in [-0.05, 0) is 30.2 Å². The molecule has 0 radical (unpaired) electrons. The number of carbonyl (C=O) groups is 2. The molecule has 7 heteroatoms. The quantitative estimate of drug-likeness (QED) is 0.444. The van der Waals surface area contributed by atoms with Gasteiger partial charge in [-0.3, -0.25) is 9.59 Å². The topological polar surface area (TPSA) is 84.4 Å². The first-order valence-electron chi connectivity index (χ1n) is 10.9. The lowest BCUT2D eigenvalue weighted by molar-refractivity contribution is -0.111. The third kappa shape index (κ3) is 6.33. The Labute approximate surface area is 193 Å². The molecular formula is C26H26N4O3. The van der Waals surface area contributed by atoms with Gasteiger partial charge in [-0.1, -0.05) is 48.0 Å². The third-order valence-electron chi connectivity index (χ3n) is 5.32. The van der Waals surface area contributed by atoms with Gasteiger partial charge in [-0.25, -0.2) is 9.97 Å². The fourth-order valence-corrected chi connectivity index (χ4v) is 3.63. The zero-order valence-electron chi connectivity index (χ0n) is 18.5. The Morgan fingerprint density at radius 2 is 1.88 bits per heavy atom. The predicted molar refractivity (Wildman–Crippen MR) is 128 cm³/mol. The van der Waals surface area contributed by atoms with Crippen molar-refractivity contribution in [1.29, 1.82) is 0 Å². The molecule has 0 unspecified atom stereocenters. The standard InChI is InChI=1S/C26H26N4O3/c1-19-4-2-7-22(14-19)23(31)16-21-6-3-5-20(15-21)8-9-26(32)29-24-17-25(28-18-27-24)30-10-12-33-13-11-30/h2-9,14-15,17-18H,10-13,16H2,1H3,(H,27,28,29,32)/b9-8+. The first kappa shape index (κ1) is 22.4. The van der Waals surface area contributed by atoms with Crippen molar-refractivity contribution in [2.45, 2.75) is 13.3 Å². The second kappa shape index (κ2) is 10.7. The Morgan fingerprint density at radius 3 is 2.70 bits per heavy atom. The van der Waals surface area contributed by atoms with Crippen molar-refractivity contribution >= 4 is 29.4 Å². The summed E-state index contributed by atoms with van der Waals surface area (Å²) in [6, 6.07) is 17.0. The van der Waals surface area contributed by atoms with Crippen LogP contribution in [-0.2, 0) is 16.0 Å². The lowest BCUT2D eigenvalue weighted by atomic mass is 10.00. The number of hydrogen-bond acceptors (Lipinski definition) is 6. The summed E-state index contributed by atoms with van der Waals surface area (Å²) in [6.07, 6.45) is 4.93. The number of aryl methyl sites for hydroxylation is 1. The summed E-state index contributed by atoms with van der Waals surface area (Å²) in [5.41, 5.74) is 3.51. The van der Waals surface area contributed by atoms with E-state index in [9.17, 15) is 9.59 Å². The van der Waals surface area contributed by atoms with E-state index in [2.05, 4.69) is 20.2 Å². The van der Waals surface area contributed by atoms with Crippen molar-refractivity contribution in [3.8, 4) is 0 Å². The van der Waals surface area contributed by atoms with Crippen LogP contribution in [-0.4, -0.2) is 48.0 Å². The Hall–Kier alpha value is -3.84. The van der Waals surface area contributed by atoms with Gasteiger partial charge in [-0.2, -0.15) is 0 Å². The van der Waals surface area contributed by atoms with Gasteiger partial charge in [0.2, 0.25) is 5.91 Å². The van der Waals surface area contributed by atoms with Crippen LogP contribution in [0.4, 0.5) is 11.6 Å². The van der Waals surface area contributed by atoms with E-state index in [1.807, 2.05) is 55.5 Å². The number of anilines is 2. The molecular weight excluding hydrogens is 416 g/mol. The normalized spacial score (nSPS) is 13.8. The number of ether oxygens (including phenoxy) is 1. The molecule has 1 amide bonds. The van der Waals surface area contributed by atoms with E-state index < -0.39 is 0 Å². The largest absolute Gasteiger partial charge is 0.378 e. The van der Waals surface area contributed by atoms with Crippen LogP contribution < -0.4 is 10.2 Å². The highest BCUT2D eigenvalue weighted by molar-refractivity contribution is 6.01. The fraction of sp³-hybridized carbons (Fsp3) is 0.231. The van der Waals surface area contributed by atoms with Gasteiger partial charge < -0.3 is 15.0 Å². The summed E-state index contributed by atoms with van der Waals surface area (Å²) >= 11 is 0. The summed E-state index contributed by atoms with van der Waals surface area (Å²) < 4.78 is 5.36. The van der Waals surface area contributed by atoms with Gasteiger partial charge in [0.1, 0.15) is 18.0 Å². The fourth-order valence-electron chi connectivity index (χ4n) is 3.63. The lowest BCUT2D eigenvalue weighted by Gasteiger charge is -2.27. The number of amides is 1. The summed E-state index contributed by atoms with van der Waals surface area (Å²) in [4.78, 5) is 35.5. The monoisotopic (exact) mass is 442 g/mol. The van der Waals surface area contributed by atoms with Crippen molar-refractivity contribution in [2.24, 2.45) is 0 Å². The van der Waals surface area contributed by atoms with Crippen molar-refractivity contribution in [3.63, 3.8) is 0 Å². The Morgan fingerprint density at radius 1 is 1.06 bits per heavy atom. The maximum atomic E-state index is 12.6. The molecule has 1 aliphatic rings. The second-order valence-corrected chi connectivity index (χ2v) is 7.90. The number of rotatable bonds is 7. The molecule has 33 heavy (non-hydrogen) atoms. The number of aromatic nitrogens is 2. The number of nitrogens with zero attached hydrogens (tertiary/aromatic N) is 3. The van der Waals surface area contributed by atoms with E-state index in [0.717, 1.165) is 35.6 Å². The Balaban J connectivity index is 1.37. The van der Waals surface area contributed by atoms with E-state index >= 15 is 0 Å². The highest BCUT2D eigenvalue weighted by Crippen LogP contribution is 2.16. The van der Waals surface area contributed by atoms with Gasteiger partial charge in [0.05, 0.1) is 13.2 Å². The van der Waals surface area contributed by atoms with Gasteiger partial charge in [0, 0.05) is 37.2 Å². The molecule has 7 nitrogen and oxygen atoms in total. The minimum Gasteiger partial charge on any atom is -0.378 e. The molecule has 2 aromatic carbocycles. The van der Waals surface area contributed by atoms with E-state index in [1.54, 1.807) is 12.1 Å². The molecule has 3 aromatic rings. The number of benzene rings is 2. The van der Waals surface area contributed by atoms with E-state index in [4.69, 9.17) is 4.74 Å². The molecule has 1 saturated heterocycles. The summed E-state index contributed by atoms with van der Waals surface area (Å²) in [6.45, 7) is 4.80. The van der Waals surface area contributed by atoms with E-state index in [-0.39, 0.29) is 11.7 Å². The molecule has 1 aliphatic heterocycles. The smallest absolute Gasteiger partial charge is 0.249 e. The molecule has 2 heterocycles. The van der Waals surface area contributed by atoms with Gasteiger partial charge >= 0.3 is 0 Å². The Bertz CT molecular complexity index is 1170. The van der Waals surface area contributed by atoms with Gasteiger partial charge in [-0.15, -0.1) is 0 Å².